The van der Waals surface area contributed by atoms with E-state index in [9.17, 15) is 0 Å². The van der Waals surface area contributed by atoms with Gasteiger partial charge in [0.15, 0.2) is 0 Å². The maximum absolute atomic E-state index is 8.88. The minimum absolute atomic E-state index is 0.406. The van der Waals surface area contributed by atoms with E-state index in [1.165, 1.54) is 57.8 Å². The second-order valence-corrected chi connectivity index (χ2v) is 16.3. The first-order valence-electron chi connectivity index (χ1n) is 23.1. The Morgan fingerprint density at radius 1 is 0.403 bits per heavy atom. The molecule has 6 aromatic rings. The van der Waals surface area contributed by atoms with E-state index in [1.807, 2.05) is 60.7 Å². The second-order valence-electron chi connectivity index (χ2n) is 16.3. The molecule has 6 heterocycles. The molecule has 12 heteroatoms. The highest BCUT2D eigenvalue weighted by Crippen LogP contribution is 2.18. The summed E-state index contributed by atoms with van der Waals surface area (Å²) in [5.74, 6) is 20.9. The number of piperidine rings is 3. The number of benzene rings is 3. The Bertz CT molecular complexity index is 2790. The molecule has 67 heavy (non-hydrogen) atoms. The molecule has 0 aliphatic carbocycles. The first-order valence-corrected chi connectivity index (χ1v) is 23.1. The van der Waals surface area contributed by atoms with Crippen molar-refractivity contribution in [2.45, 2.75) is 70.8 Å². The number of anilines is 3. The van der Waals surface area contributed by atoms with Gasteiger partial charge in [-0.2, -0.15) is 10.5 Å². The van der Waals surface area contributed by atoms with Crippen molar-refractivity contribution in [3.05, 3.63) is 160 Å². The van der Waals surface area contributed by atoms with Crippen LogP contribution in [0.3, 0.4) is 0 Å². The van der Waals surface area contributed by atoms with Crippen molar-refractivity contribution >= 4 is 17.8 Å². The van der Waals surface area contributed by atoms with Gasteiger partial charge in [0.25, 0.3) is 0 Å². The smallest absolute Gasteiger partial charge is 0.225 e. The molecule has 0 bridgehead atoms. The number of rotatable bonds is 5. The molecular weight excluding hydrogens is 829 g/mol. The number of nitrogens with two attached hydrogens (primary N) is 1. The van der Waals surface area contributed by atoms with E-state index in [2.05, 4.69) is 92.3 Å². The zero-order valence-corrected chi connectivity index (χ0v) is 37.9. The average Bonchev–Trinajstić information content (AvgIpc) is 3.41. The van der Waals surface area contributed by atoms with Gasteiger partial charge in [0, 0.05) is 99.7 Å². The molecule has 0 amide bonds. The number of nitrogens with zero attached hydrogens (tertiary/aromatic N) is 11. The zero-order chi connectivity index (χ0) is 46.3. The maximum atomic E-state index is 8.88. The Morgan fingerprint density at radius 3 is 1.10 bits per heavy atom. The number of nitriles is 2. The SMILES string of the molecule is N#CCc1cccc(C#Cc2cnc(N3CCCCC3)nc2)c1.N#Cc1cccc(C#Cc2cnc(N3CCCCC3)nc2)c1.NCc1cccc(C#Cc2cnc(N3CCCCC3)nc2)c1. The number of aromatic nitrogens is 6. The van der Waals surface area contributed by atoms with Gasteiger partial charge >= 0.3 is 0 Å². The van der Waals surface area contributed by atoms with Gasteiger partial charge < -0.3 is 20.4 Å². The Labute approximate surface area is 395 Å². The summed E-state index contributed by atoms with van der Waals surface area (Å²) >= 11 is 0. The summed E-state index contributed by atoms with van der Waals surface area (Å²) in [5, 5.41) is 17.6. The lowest BCUT2D eigenvalue weighted by Gasteiger charge is -2.26. The van der Waals surface area contributed by atoms with Crippen molar-refractivity contribution < 1.29 is 0 Å². The predicted octanol–water partition coefficient (Wildman–Crippen LogP) is 8.00. The largest absolute Gasteiger partial charge is 0.341 e. The van der Waals surface area contributed by atoms with Crippen LogP contribution in [0, 0.1) is 58.2 Å². The third-order valence-corrected chi connectivity index (χ3v) is 11.2. The topological polar surface area (TPSA) is 161 Å². The molecule has 3 fully saturated rings. The molecule has 9 rings (SSSR count). The molecule has 0 spiro atoms. The highest BCUT2D eigenvalue weighted by molar-refractivity contribution is 5.47. The standard InChI is InChI=1S/C19H18N4.C18H20N4.C18H16N4/c20-10-9-17-6-4-5-16(13-17)7-8-18-14-21-19(22-15-18)23-11-2-1-3-12-23;2*19-12-16-6-4-5-15(11-16)7-8-17-13-20-18(21-14-17)22-9-2-1-3-10-22/h4-6,13-15H,1-3,9,11-12H2;4-6,11,13-14H,1-3,9-10,12,19H2;4-6,11,13-14H,1-3,9-10H2. The fraction of sp³-hybridized carbons (Fsp3) is 0.309. The minimum atomic E-state index is 0.406. The summed E-state index contributed by atoms with van der Waals surface area (Å²) in [6, 6.07) is 27.2. The molecule has 12 nitrogen and oxygen atoms in total. The van der Waals surface area contributed by atoms with Crippen LogP contribution >= 0.6 is 0 Å². The number of hydrogen-bond acceptors (Lipinski definition) is 12. The van der Waals surface area contributed by atoms with E-state index in [1.54, 1.807) is 49.3 Å². The fourth-order valence-corrected chi connectivity index (χ4v) is 7.65. The molecule has 3 aromatic carbocycles. The van der Waals surface area contributed by atoms with Crippen LogP contribution in [-0.4, -0.2) is 69.2 Å². The van der Waals surface area contributed by atoms with Gasteiger partial charge in [-0.05, 0) is 111 Å². The summed E-state index contributed by atoms with van der Waals surface area (Å²) in [6.45, 7) is 6.78. The maximum Gasteiger partial charge on any atom is 0.225 e. The van der Waals surface area contributed by atoms with Crippen LogP contribution in [0.4, 0.5) is 17.8 Å². The quantitative estimate of drug-likeness (QED) is 0.167. The predicted molar refractivity (Wildman–Crippen MR) is 263 cm³/mol. The third kappa shape index (κ3) is 15.0. The van der Waals surface area contributed by atoms with Gasteiger partial charge in [0.2, 0.25) is 17.8 Å². The molecule has 3 aliphatic heterocycles. The van der Waals surface area contributed by atoms with Crippen molar-refractivity contribution in [1.29, 1.82) is 10.5 Å². The van der Waals surface area contributed by atoms with E-state index in [0.717, 1.165) is 102 Å². The molecule has 0 saturated carbocycles. The molecule has 3 saturated heterocycles. The average molecular weight is 883 g/mol. The van der Waals surface area contributed by atoms with Gasteiger partial charge in [-0.15, -0.1) is 0 Å². The van der Waals surface area contributed by atoms with Crippen LogP contribution in [0.5, 0.6) is 0 Å². The Hall–Kier alpha value is -8.08. The monoisotopic (exact) mass is 882 g/mol. The first kappa shape index (κ1) is 46.9. The summed E-state index contributed by atoms with van der Waals surface area (Å²) in [5.41, 5.74) is 13.4. The Morgan fingerprint density at radius 2 is 0.731 bits per heavy atom. The summed E-state index contributed by atoms with van der Waals surface area (Å²) in [7, 11) is 0. The summed E-state index contributed by atoms with van der Waals surface area (Å²) < 4.78 is 0. The van der Waals surface area contributed by atoms with Gasteiger partial charge in [-0.1, -0.05) is 65.9 Å². The highest BCUT2D eigenvalue weighted by Gasteiger charge is 2.15. The van der Waals surface area contributed by atoms with Crippen LogP contribution in [0.25, 0.3) is 0 Å². The molecule has 3 aliphatic rings. The Balaban J connectivity index is 0.000000149. The minimum Gasteiger partial charge on any atom is -0.341 e. The third-order valence-electron chi connectivity index (χ3n) is 11.2. The van der Waals surface area contributed by atoms with Crippen LogP contribution in [0.1, 0.15) is 108 Å². The first-order chi connectivity index (χ1) is 33.0. The van der Waals surface area contributed by atoms with Gasteiger partial charge in [-0.3, -0.25) is 0 Å². The van der Waals surface area contributed by atoms with Crippen molar-refractivity contribution in [3.63, 3.8) is 0 Å². The fourth-order valence-electron chi connectivity index (χ4n) is 7.65. The molecule has 334 valence electrons. The van der Waals surface area contributed by atoms with Gasteiger partial charge in [0.1, 0.15) is 0 Å². The molecular formula is C55H54N12. The van der Waals surface area contributed by atoms with Crippen LogP contribution < -0.4 is 20.4 Å². The highest BCUT2D eigenvalue weighted by atomic mass is 15.3. The molecule has 0 radical (unpaired) electrons. The lowest BCUT2D eigenvalue weighted by Crippen LogP contribution is -2.30. The number of hydrogen-bond donors (Lipinski definition) is 1. The van der Waals surface area contributed by atoms with Crippen molar-refractivity contribution in [2.75, 3.05) is 54.0 Å². The van der Waals surface area contributed by atoms with E-state index in [-0.39, 0.29) is 0 Å². The zero-order valence-electron chi connectivity index (χ0n) is 37.9. The van der Waals surface area contributed by atoms with Crippen LogP contribution in [0.2, 0.25) is 0 Å². The Kier molecular flexibility index (Phi) is 17.8. The van der Waals surface area contributed by atoms with Crippen LogP contribution in [-0.2, 0) is 13.0 Å². The van der Waals surface area contributed by atoms with E-state index < -0.39 is 0 Å². The van der Waals surface area contributed by atoms with E-state index >= 15 is 0 Å². The second kappa shape index (κ2) is 25.4. The summed E-state index contributed by atoms with van der Waals surface area (Å²) in [4.78, 5) is 33.2. The van der Waals surface area contributed by atoms with Crippen molar-refractivity contribution in [1.82, 2.24) is 29.9 Å². The van der Waals surface area contributed by atoms with E-state index in [4.69, 9.17) is 16.3 Å². The van der Waals surface area contributed by atoms with Crippen molar-refractivity contribution in [3.8, 4) is 47.7 Å². The molecule has 0 unspecified atom stereocenters. The van der Waals surface area contributed by atoms with Crippen LogP contribution in [0.15, 0.2) is 110 Å². The molecule has 3 aromatic heterocycles. The van der Waals surface area contributed by atoms with E-state index in [0.29, 0.717) is 18.5 Å². The lowest BCUT2D eigenvalue weighted by molar-refractivity contribution is 0.568. The molecule has 2 N–H and O–H groups in total. The summed E-state index contributed by atoms with van der Waals surface area (Å²) in [6.07, 6.45) is 22.3. The van der Waals surface area contributed by atoms with Gasteiger partial charge in [-0.25, -0.2) is 29.9 Å². The molecule has 0 atom stereocenters. The lowest BCUT2D eigenvalue weighted by atomic mass is 10.1. The van der Waals surface area contributed by atoms with Gasteiger partial charge in [0.05, 0.1) is 40.8 Å². The van der Waals surface area contributed by atoms with Crippen molar-refractivity contribution in [2.24, 2.45) is 5.73 Å². The normalized spacial score (nSPS) is 14.0.